The van der Waals surface area contributed by atoms with Crippen molar-refractivity contribution in [1.82, 2.24) is 15.0 Å². The predicted molar refractivity (Wildman–Crippen MR) is 60.5 cm³/mol. The molecular weight excluding hydrogens is 206 g/mol. The predicted octanol–water partition coefficient (Wildman–Crippen LogP) is 2.12. The maximum absolute atomic E-state index is 10.9. The number of hydrogen-bond donors (Lipinski definition) is 1. The van der Waals surface area contributed by atoms with Crippen LogP contribution in [0.1, 0.15) is 55.7 Å². The number of aromatic nitrogens is 3. The van der Waals surface area contributed by atoms with E-state index in [0.29, 0.717) is 0 Å². The van der Waals surface area contributed by atoms with Gasteiger partial charge in [-0.05, 0) is 12.8 Å². The van der Waals surface area contributed by atoms with Gasteiger partial charge < -0.3 is 5.11 Å². The van der Waals surface area contributed by atoms with Gasteiger partial charge in [0.2, 0.25) is 0 Å². The van der Waals surface area contributed by atoms with Crippen LogP contribution in [0, 0.1) is 0 Å². The van der Waals surface area contributed by atoms with Crippen molar-refractivity contribution in [2.24, 2.45) is 0 Å². The highest BCUT2D eigenvalue weighted by Gasteiger charge is 2.17. The van der Waals surface area contributed by atoms with Crippen molar-refractivity contribution in [3.8, 4) is 0 Å². The molecule has 90 valence electrons. The number of carboxylic acids is 1. The molecule has 0 unspecified atom stereocenters. The summed E-state index contributed by atoms with van der Waals surface area (Å²) in [5, 5.41) is 16.6. The molecule has 0 fully saturated rings. The van der Waals surface area contributed by atoms with Crippen molar-refractivity contribution in [2.45, 2.75) is 52.5 Å². The number of aromatic carboxylic acids is 1. The van der Waals surface area contributed by atoms with Crippen LogP contribution in [0.4, 0.5) is 0 Å². The standard InChI is InChI=1S/C11H19N3O2/c1-3-5-6-8-14-9(7-4-2)10(11(15)16)12-13-14/h3-8H2,1-2H3,(H,15,16). The molecule has 5 heteroatoms. The zero-order valence-electron chi connectivity index (χ0n) is 9.94. The highest BCUT2D eigenvalue weighted by molar-refractivity contribution is 5.86. The molecule has 16 heavy (non-hydrogen) atoms. The van der Waals surface area contributed by atoms with Crippen LogP contribution in [0.3, 0.4) is 0 Å². The number of nitrogens with zero attached hydrogens (tertiary/aromatic N) is 3. The molecule has 0 amide bonds. The average molecular weight is 225 g/mol. The van der Waals surface area contributed by atoms with Crippen LogP contribution in [-0.2, 0) is 13.0 Å². The molecule has 1 rings (SSSR count). The molecule has 0 bridgehead atoms. The van der Waals surface area contributed by atoms with Gasteiger partial charge >= 0.3 is 5.97 Å². The van der Waals surface area contributed by atoms with Gasteiger partial charge in [0.1, 0.15) is 0 Å². The Balaban J connectivity index is 2.78. The first kappa shape index (κ1) is 12.7. The van der Waals surface area contributed by atoms with Crippen molar-refractivity contribution < 1.29 is 9.90 Å². The normalized spacial score (nSPS) is 10.6. The van der Waals surface area contributed by atoms with Crippen LogP contribution in [0.25, 0.3) is 0 Å². The largest absolute Gasteiger partial charge is 0.476 e. The second-order valence-electron chi connectivity index (χ2n) is 3.87. The third kappa shape index (κ3) is 3.05. The molecule has 1 heterocycles. The summed E-state index contributed by atoms with van der Waals surface area (Å²) in [6, 6.07) is 0. The van der Waals surface area contributed by atoms with Crippen molar-refractivity contribution in [1.29, 1.82) is 0 Å². The van der Waals surface area contributed by atoms with Gasteiger partial charge in [-0.15, -0.1) is 5.10 Å². The highest BCUT2D eigenvalue weighted by atomic mass is 16.4. The van der Waals surface area contributed by atoms with Gasteiger partial charge in [-0.1, -0.05) is 38.3 Å². The lowest BCUT2D eigenvalue weighted by Crippen LogP contribution is -2.08. The molecule has 0 aromatic carbocycles. The summed E-state index contributed by atoms with van der Waals surface area (Å²) >= 11 is 0. The van der Waals surface area contributed by atoms with E-state index in [1.807, 2.05) is 6.92 Å². The monoisotopic (exact) mass is 225 g/mol. The third-order valence-electron chi connectivity index (χ3n) is 2.50. The van der Waals surface area contributed by atoms with E-state index in [9.17, 15) is 4.79 Å². The maximum atomic E-state index is 10.9. The Hall–Kier alpha value is -1.39. The van der Waals surface area contributed by atoms with Crippen molar-refractivity contribution in [3.63, 3.8) is 0 Å². The fourth-order valence-corrected chi connectivity index (χ4v) is 1.67. The number of rotatable bonds is 7. The minimum atomic E-state index is -0.981. The molecule has 1 aromatic rings. The lowest BCUT2D eigenvalue weighted by Gasteiger charge is -2.05. The molecular formula is C11H19N3O2. The second-order valence-corrected chi connectivity index (χ2v) is 3.87. The van der Waals surface area contributed by atoms with E-state index in [1.165, 1.54) is 0 Å². The summed E-state index contributed by atoms with van der Waals surface area (Å²) < 4.78 is 1.74. The Morgan fingerprint density at radius 2 is 2.06 bits per heavy atom. The van der Waals surface area contributed by atoms with E-state index in [1.54, 1.807) is 4.68 Å². The number of carbonyl (C=O) groups is 1. The Morgan fingerprint density at radius 3 is 2.62 bits per heavy atom. The maximum Gasteiger partial charge on any atom is 0.358 e. The Morgan fingerprint density at radius 1 is 1.31 bits per heavy atom. The minimum absolute atomic E-state index is 0.110. The van der Waals surface area contributed by atoms with Gasteiger partial charge in [0.05, 0.1) is 5.69 Å². The second kappa shape index (κ2) is 6.25. The number of unbranched alkanes of at least 4 members (excludes halogenated alkanes) is 2. The molecule has 0 aliphatic rings. The van der Waals surface area contributed by atoms with Crippen LogP contribution < -0.4 is 0 Å². The lowest BCUT2D eigenvalue weighted by molar-refractivity contribution is 0.0689. The van der Waals surface area contributed by atoms with Gasteiger partial charge in [0, 0.05) is 6.54 Å². The molecule has 0 atom stereocenters. The molecule has 0 spiro atoms. The minimum Gasteiger partial charge on any atom is -0.476 e. The van der Waals surface area contributed by atoms with E-state index < -0.39 is 5.97 Å². The lowest BCUT2D eigenvalue weighted by atomic mass is 10.2. The van der Waals surface area contributed by atoms with Crippen LogP contribution in [0.2, 0.25) is 0 Å². The Labute approximate surface area is 95.5 Å². The summed E-state index contributed by atoms with van der Waals surface area (Å²) in [4.78, 5) is 10.9. The Kier molecular flexibility index (Phi) is 4.95. The van der Waals surface area contributed by atoms with Gasteiger partial charge in [-0.25, -0.2) is 9.48 Å². The molecule has 5 nitrogen and oxygen atoms in total. The van der Waals surface area contributed by atoms with Crippen molar-refractivity contribution in [2.75, 3.05) is 0 Å². The van der Waals surface area contributed by atoms with Gasteiger partial charge in [-0.3, -0.25) is 0 Å². The fraction of sp³-hybridized carbons (Fsp3) is 0.727. The molecule has 1 aromatic heterocycles. The van der Waals surface area contributed by atoms with Crippen LogP contribution in [0.15, 0.2) is 0 Å². The van der Waals surface area contributed by atoms with E-state index in [-0.39, 0.29) is 5.69 Å². The Bertz CT molecular complexity index is 347. The van der Waals surface area contributed by atoms with Crippen molar-refractivity contribution >= 4 is 5.97 Å². The SMILES string of the molecule is CCCCCn1nnc(C(=O)O)c1CCC. The summed E-state index contributed by atoms with van der Waals surface area (Å²) in [7, 11) is 0. The smallest absolute Gasteiger partial charge is 0.358 e. The molecule has 0 radical (unpaired) electrons. The van der Waals surface area contributed by atoms with Gasteiger partial charge in [-0.2, -0.15) is 0 Å². The molecule has 0 saturated heterocycles. The summed E-state index contributed by atoms with van der Waals surface area (Å²) in [6.07, 6.45) is 4.93. The third-order valence-corrected chi connectivity index (χ3v) is 2.50. The van der Waals surface area contributed by atoms with Crippen molar-refractivity contribution in [3.05, 3.63) is 11.4 Å². The zero-order valence-corrected chi connectivity index (χ0v) is 9.94. The molecule has 0 saturated carbocycles. The van der Waals surface area contributed by atoms with E-state index in [4.69, 9.17) is 5.11 Å². The number of carboxylic acid groups (broad SMARTS) is 1. The quantitative estimate of drug-likeness (QED) is 0.722. The van der Waals surface area contributed by atoms with Gasteiger partial charge in [0.25, 0.3) is 0 Å². The molecule has 0 aliphatic heterocycles. The zero-order chi connectivity index (χ0) is 12.0. The topological polar surface area (TPSA) is 68.0 Å². The average Bonchev–Trinajstić information content (AvgIpc) is 2.63. The van der Waals surface area contributed by atoms with Crippen LogP contribution >= 0.6 is 0 Å². The number of aryl methyl sites for hydroxylation is 1. The number of hydrogen-bond acceptors (Lipinski definition) is 3. The molecule has 0 aliphatic carbocycles. The first-order chi connectivity index (χ1) is 7.70. The summed E-state index contributed by atoms with van der Waals surface area (Å²) in [6.45, 7) is 4.93. The molecule has 1 N–H and O–H groups in total. The van der Waals surface area contributed by atoms with Crippen LogP contribution in [-0.4, -0.2) is 26.1 Å². The van der Waals surface area contributed by atoms with E-state index >= 15 is 0 Å². The highest BCUT2D eigenvalue weighted by Crippen LogP contribution is 2.10. The fourth-order valence-electron chi connectivity index (χ4n) is 1.67. The van der Waals surface area contributed by atoms with Gasteiger partial charge in [0.15, 0.2) is 5.69 Å². The summed E-state index contributed by atoms with van der Waals surface area (Å²) in [5.41, 5.74) is 0.865. The first-order valence-corrected chi connectivity index (χ1v) is 5.86. The van der Waals surface area contributed by atoms with E-state index in [2.05, 4.69) is 17.2 Å². The first-order valence-electron chi connectivity index (χ1n) is 5.86. The van der Waals surface area contributed by atoms with E-state index in [0.717, 1.165) is 44.3 Å². The van der Waals surface area contributed by atoms with Crippen LogP contribution in [0.5, 0.6) is 0 Å². The summed E-state index contributed by atoms with van der Waals surface area (Å²) in [5.74, 6) is -0.981.